The van der Waals surface area contributed by atoms with Crippen molar-refractivity contribution in [2.24, 2.45) is 0 Å². The first-order valence-corrected chi connectivity index (χ1v) is 7.58. The van der Waals surface area contributed by atoms with Crippen LogP contribution in [0.25, 0.3) is 0 Å². The van der Waals surface area contributed by atoms with Gasteiger partial charge in [-0.25, -0.2) is 0 Å². The lowest BCUT2D eigenvalue weighted by Crippen LogP contribution is -2.40. The Morgan fingerprint density at radius 3 is 2.24 bits per heavy atom. The molecule has 0 aliphatic rings. The Morgan fingerprint density at radius 2 is 1.84 bits per heavy atom. The number of carbonyl (C=O) groups is 2. The Labute approximate surface area is 146 Å². The highest BCUT2D eigenvalue weighted by atomic mass is 19.3. The van der Waals surface area contributed by atoms with Gasteiger partial charge in [0.1, 0.15) is 18.2 Å². The van der Waals surface area contributed by atoms with E-state index in [0.717, 1.165) is 5.56 Å². The van der Waals surface area contributed by atoms with Crippen LogP contribution in [0.4, 0.5) is 8.78 Å². The monoisotopic (exact) mass is 361 g/mol. The van der Waals surface area contributed by atoms with E-state index in [0.29, 0.717) is 6.47 Å². The predicted octanol–water partition coefficient (Wildman–Crippen LogP) is 2.51. The van der Waals surface area contributed by atoms with Gasteiger partial charge in [0.2, 0.25) is 0 Å². The second-order valence-corrected chi connectivity index (χ2v) is 5.86. The van der Waals surface area contributed by atoms with E-state index in [9.17, 15) is 18.4 Å². The summed E-state index contributed by atoms with van der Waals surface area (Å²) in [5.74, 6) is -0.623. The van der Waals surface area contributed by atoms with Crippen LogP contribution in [0.1, 0.15) is 26.3 Å². The van der Waals surface area contributed by atoms with E-state index in [4.69, 9.17) is 4.74 Å². The fourth-order valence-electron chi connectivity index (χ4n) is 1.41. The Kier molecular flexibility index (Phi) is 11.3. The smallest absolute Gasteiger partial charge is 0.345 e. The van der Waals surface area contributed by atoms with Gasteiger partial charge < -0.3 is 19.5 Å². The number of halogens is 2. The topological polar surface area (TPSA) is 73.9 Å². The summed E-state index contributed by atoms with van der Waals surface area (Å²) in [6.45, 7) is 2.70. The largest absolute Gasteiger partial charge is 0.462 e. The lowest BCUT2D eigenvalue weighted by molar-refractivity contribution is -0.159. The number of nitrogens with one attached hydrogen (secondary N) is 1. The Hall–Kier alpha value is -2.06. The van der Waals surface area contributed by atoms with Gasteiger partial charge in [0.15, 0.2) is 0 Å². The van der Waals surface area contributed by atoms with Crippen molar-refractivity contribution in [2.75, 3.05) is 13.7 Å². The molecular formula is C17H25F2NO5. The molecule has 8 heteroatoms. The normalized spacial score (nSPS) is 12.0. The van der Waals surface area contributed by atoms with Gasteiger partial charge in [-0.05, 0) is 33.4 Å². The molecule has 1 unspecified atom stereocenters. The molecule has 0 fully saturated rings. The van der Waals surface area contributed by atoms with Crippen LogP contribution in [0, 0.1) is 0 Å². The number of carbonyl (C=O) groups excluding carboxylic acids is 2. The molecule has 1 N–H and O–H groups in total. The molecule has 0 radical (unpaired) electrons. The minimum atomic E-state index is -2.90. The van der Waals surface area contributed by atoms with Crippen LogP contribution in [-0.2, 0) is 30.4 Å². The molecule has 1 aromatic rings. The number of rotatable bonds is 8. The zero-order valence-corrected chi connectivity index (χ0v) is 14.8. The molecule has 0 bridgehead atoms. The molecule has 142 valence electrons. The van der Waals surface area contributed by atoms with Crippen molar-refractivity contribution in [2.45, 2.75) is 45.6 Å². The number of esters is 1. The molecule has 0 spiro atoms. The molecule has 1 rings (SSSR count). The number of hydrogen-bond acceptors (Lipinski definition) is 6. The Morgan fingerprint density at radius 1 is 1.24 bits per heavy atom. The number of alkyl halides is 2. The van der Waals surface area contributed by atoms with Gasteiger partial charge in [-0.2, -0.15) is 8.78 Å². The zero-order chi connectivity index (χ0) is 19.3. The fraction of sp³-hybridized carbons (Fsp3) is 0.529. The zero-order valence-electron chi connectivity index (χ0n) is 14.8. The molecule has 6 nitrogen and oxygen atoms in total. The second kappa shape index (κ2) is 12.3. The lowest BCUT2D eigenvalue weighted by atomic mass is 10.2. The second-order valence-electron chi connectivity index (χ2n) is 5.86. The molecule has 0 amide bonds. The summed E-state index contributed by atoms with van der Waals surface area (Å²) < 4.78 is 37.3. The summed E-state index contributed by atoms with van der Waals surface area (Å²) in [6.07, 6.45) is 0. The van der Waals surface area contributed by atoms with Gasteiger partial charge in [0.05, 0.1) is 6.61 Å². The van der Waals surface area contributed by atoms with E-state index >= 15 is 0 Å². The highest BCUT2D eigenvalue weighted by Gasteiger charge is 2.20. The summed E-state index contributed by atoms with van der Waals surface area (Å²) in [5, 5.41) is 2.56. The number of likely N-dealkylation sites (N-methyl/N-ethyl adjacent to an activating group) is 1. The minimum absolute atomic E-state index is 0.104. The molecule has 0 aliphatic carbocycles. The van der Waals surface area contributed by atoms with Crippen molar-refractivity contribution in [3.8, 4) is 0 Å². The molecule has 1 atom stereocenters. The third-order valence-electron chi connectivity index (χ3n) is 2.65. The average molecular weight is 361 g/mol. The first-order valence-electron chi connectivity index (χ1n) is 7.58. The van der Waals surface area contributed by atoms with Crippen molar-refractivity contribution in [3.63, 3.8) is 0 Å². The van der Waals surface area contributed by atoms with Crippen molar-refractivity contribution in [1.82, 2.24) is 5.32 Å². The standard InChI is InChI=1S/C12H15F2NO3.C5H10O2/c1-15-10(8-18-12(13)14)11(16)17-7-9-5-3-2-4-6-9;1-5(2,3)7-4-6/h2-6,10,12,15H,7-8H2,1H3;4H,1-3H3. The molecule has 1 aromatic carbocycles. The predicted molar refractivity (Wildman–Crippen MR) is 87.9 cm³/mol. The van der Waals surface area contributed by atoms with Gasteiger partial charge in [-0.1, -0.05) is 30.3 Å². The van der Waals surface area contributed by atoms with Crippen molar-refractivity contribution in [1.29, 1.82) is 0 Å². The van der Waals surface area contributed by atoms with E-state index in [2.05, 4.69) is 14.8 Å². The maximum atomic E-state index is 11.8. The Bertz CT molecular complexity index is 492. The van der Waals surface area contributed by atoms with Crippen LogP contribution in [0.2, 0.25) is 0 Å². The van der Waals surface area contributed by atoms with Gasteiger partial charge in [0, 0.05) is 0 Å². The van der Waals surface area contributed by atoms with Crippen molar-refractivity contribution < 1.29 is 32.6 Å². The van der Waals surface area contributed by atoms with E-state index in [-0.39, 0.29) is 12.2 Å². The molecule has 0 saturated carbocycles. The maximum Gasteiger partial charge on any atom is 0.345 e. The van der Waals surface area contributed by atoms with Crippen LogP contribution >= 0.6 is 0 Å². The molecule has 0 saturated heterocycles. The summed E-state index contributed by atoms with van der Waals surface area (Å²) in [7, 11) is 1.48. The van der Waals surface area contributed by atoms with Crippen LogP contribution in [0.15, 0.2) is 30.3 Å². The van der Waals surface area contributed by atoms with Crippen LogP contribution < -0.4 is 5.32 Å². The van der Waals surface area contributed by atoms with E-state index in [1.165, 1.54) is 7.05 Å². The lowest BCUT2D eigenvalue weighted by Gasteiger charge is -2.15. The maximum absolute atomic E-state index is 11.8. The minimum Gasteiger partial charge on any atom is -0.462 e. The first kappa shape index (κ1) is 22.9. The fourth-order valence-corrected chi connectivity index (χ4v) is 1.41. The highest BCUT2D eigenvalue weighted by molar-refractivity contribution is 5.75. The van der Waals surface area contributed by atoms with Crippen LogP contribution in [-0.4, -0.2) is 44.4 Å². The van der Waals surface area contributed by atoms with Gasteiger partial charge in [-0.3, -0.25) is 9.59 Å². The van der Waals surface area contributed by atoms with Crippen molar-refractivity contribution in [3.05, 3.63) is 35.9 Å². The number of hydrogen-bond donors (Lipinski definition) is 1. The van der Waals surface area contributed by atoms with Gasteiger partial charge in [-0.15, -0.1) is 0 Å². The Balaban J connectivity index is 0.000000697. The summed E-state index contributed by atoms with van der Waals surface area (Å²) >= 11 is 0. The third-order valence-corrected chi connectivity index (χ3v) is 2.65. The SMILES string of the molecule is CC(C)(C)OC=O.CNC(COC(F)F)C(=O)OCc1ccccc1. The summed E-state index contributed by atoms with van der Waals surface area (Å²) in [5.41, 5.74) is 0.511. The van der Waals surface area contributed by atoms with Crippen LogP contribution in [0.3, 0.4) is 0 Å². The molecule has 0 aromatic heterocycles. The molecule has 0 heterocycles. The highest BCUT2D eigenvalue weighted by Crippen LogP contribution is 2.04. The number of ether oxygens (including phenoxy) is 3. The summed E-state index contributed by atoms with van der Waals surface area (Å²) in [6, 6.07) is 8.19. The summed E-state index contributed by atoms with van der Waals surface area (Å²) in [4.78, 5) is 21.1. The molecular weight excluding hydrogens is 336 g/mol. The van der Waals surface area contributed by atoms with Gasteiger partial charge >= 0.3 is 12.6 Å². The van der Waals surface area contributed by atoms with E-state index < -0.39 is 25.2 Å². The van der Waals surface area contributed by atoms with Crippen LogP contribution in [0.5, 0.6) is 0 Å². The first-order chi connectivity index (χ1) is 11.7. The van der Waals surface area contributed by atoms with E-state index in [1.807, 2.05) is 39.0 Å². The number of benzene rings is 1. The third kappa shape index (κ3) is 13.0. The average Bonchev–Trinajstić information content (AvgIpc) is 2.53. The van der Waals surface area contributed by atoms with Gasteiger partial charge in [0.25, 0.3) is 6.47 Å². The van der Waals surface area contributed by atoms with E-state index in [1.54, 1.807) is 12.1 Å². The molecule has 0 aliphatic heterocycles. The van der Waals surface area contributed by atoms with Crippen molar-refractivity contribution >= 4 is 12.4 Å². The molecule has 25 heavy (non-hydrogen) atoms. The quantitative estimate of drug-likeness (QED) is 0.567.